The lowest BCUT2D eigenvalue weighted by molar-refractivity contribution is 0.476. The first-order valence-corrected chi connectivity index (χ1v) is 6.19. The minimum absolute atomic E-state index is 0.615. The van der Waals surface area contributed by atoms with Crippen molar-refractivity contribution < 1.29 is 0 Å². The highest BCUT2D eigenvalue weighted by Gasteiger charge is 2.17. The average molecular weight is 219 g/mol. The predicted octanol–water partition coefficient (Wildman–Crippen LogP) is 3.57. The van der Waals surface area contributed by atoms with Crippen LogP contribution in [-0.2, 0) is 0 Å². The maximum atomic E-state index is 3.31. The molecule has 1 heteroatoms. The Kier molecular flexibility index (Phi) is 4.55. The summed E-state index contributed by atoms with van der Waals surface area (Å²) in [4.78, 5) is 0. The third kappa shape index (κ3) is 2.85. The van der Waals surface area contributed by atoms with Gasteiger partial charge in [-0.3, -0.25) is 0 Å². The Labute approximate surface area is 100 Å². The molecule has 0 aliphatic carbocycles. The molecule has 1 aromatic carbocycles. The Morgan fingerprint density at radius 1 is 1.00 bits per heavy atom. The Morgan fingerprint density at radius 3 is 2.06 bits per heavy atom. The Bertz CT molecular complexity index is 353. The molecule has 0 amide bonds. The van der Waals surface area contributed by atoms with Crippen LogP contribution >= 0.6 is 0 Å². The molecule has 1 nitrogen and oxygen atoms in total. The second kappa shape index (κ2) is 5.49. The van der Waals surface area contributed by atoms with Crippen LogP contribution in [0.15, 0.2) is 12.1 Å². The number of likely N-dealkylation sites (N-methyl/N-ethyl adjacent to an activating group) is 1. The van der Waals surface area contributed by atoms with Gasteiger partial charge in [0, 0.05) is 6.54 Å². The first kappa shape index (κ1) is 13.2. The van der Waals surface area contributed by atoms with Crippen molar-refractivity contribution in [1.82, 2.24) is 5.32 Å². The highest BCUT2D eigenvalue weighted by atomic mass is 14.8. The maximum Gasteiger partial charge on any atom is 0.00197 e. The molecule has 0 saturated carbocycles. The molecule has 0 radical (unpaired) electrons. The fourth-order valence-electron chi connectivity index (χ4n) is 2.31. The van der Waals surface area contributed by atoms with Crippen LogP contribution < -0.4 is 5.32 Å². The van der Waals surface area contributed by atoms with Gasteiger partial charge < -0.3 is 5.32 Å². The largest absolute Gasteiger partial charge is 0.319 e. The molecule has 0 saturated heterocycles. The van der Waals surface area contributed by atoms with Gasteiger partial charge in [-0.15, -0.1) is 0 Å². The summed E-state index contributed by atoms with van der Waals surface area (Å²) in [6.07, 6.45) is 0. The van der Waals surface area contributed by atoms with E-state index in [1.807, 2.05) is 7.05 Å². The highest BCUT2D eigenvalue weighted by Crippen LogP contribution is 2.28. The molecule has 1 unspecified atom stereocenters. The smallest absolute Gasteiger partial charge is 0.00197 e. The minimum Gasteiger partial charge on any atom is -0.319 e. The van der Waals surface area contributed by atoms with Crippen LogP contribution in [0.2, 0.25) is 0 Å². The van der Waals surface area contributed by atoms with Crippen molar-refractivity contribution in [3.05, 3.63) is 34.4 Å². The first-order chi connectivity index (χ1) is 7.47. The molecule has 90 valence electrons. The zero-order valence-electron chi connectivity index (χ0n) is 11.5. The van der Waals surface area contributed by atoms with Crippen LogP contribution in [0.1, 0.15) is 42.0 Å². The van der Waals surface area contributed by atoms with Crippen molar-refractivity contribution in [2.24, 2.45) is 5.92 Å². The van der Waals surface area contributed by atoms with Crippen molar-refractivity contribution in [3.63, 3.8) is 0 Å². The van der Waals surface area contributed by atoms with Gasteiger partial charge in [-0.05, 0) is 61.9 Å². The van der Waals surface area contributed by atoms with Gasteiger partial charge in [-0.2, -0.15) is 0 Å². The summed E-state index contributed by atoms with van der Waals surface area (Å²) in [7, 11) is 2.03. The van der Waals surface area contributed by atoms with Gasteiger partial charge in [0.15, 0.2) is 0 Å². The van der Waals surface area contributed by atoms with E-state index in [1.165, 1.54) is 22.3 Å². The molecule has 0 spiro atoms. The van der Waals surface area contributed by atoms with Gasteiger partial charge in [-0.1, -0.05) is 26.0 Å². The van der Waals surface area contributed by atoms with Crippen LogP contribution in [0.3, 0.4) is 0 Å². The van der Waals surface area contributed by atoms with Crippen molar-refractivity contribution in [3.8, 4) is 0 Å². The number of hydrogen-bond acceptors (Lipinski definition) is 1. The molecule has 1 aromatic rings. The van der Waals surface area contributed by atoms with Crippen LogP contribution in [0.5, 0.6) is 0 Å². The van der Waals surface area contributed by atoms with Crippen LogP contribution in [0.4, 0.5) is 0 Å². The quantitative estimate of drug-likeness (QED) is 0.816. The van der Waals surface area contributed by atoms with Crippen LogP contribution in [0, 0.1) is 26.7 Å². The summed E-state index contributed by atoms with van der Waals surface area (Å²) in [6.45, 7) is 12.3. The monoisotopic (exact) mass is 219 g/mol. The van der Waals surface area contributed by atoms with Crippen molar-refractivity contribution in [2.45, 2.75) is 40.5 Å². The summed E-state index contributed by atoms with van der Waals surface area (Å²) in [5, 5.41) is 3.31. The van der Waals surface area contributed by atoms with E-state index < -0.39 is 0 Å². The molecule has 0 aliphatic heterocycles. The van der Waals surface area contributed by atoms with E-state index >= 15 is 0 Å². The zero-order valence-corrected chi connectivity index (χ0v) is 11.5. The molecule has 1 N–H and O–H groups in total. The molecule has 0 bridgehead atoms. The molecule has 0 fully saturated rings. The summed E-state index contributed by atoms with van der Waals surface area (Å²) >= 11 is 0. The molecule has 1 rings (SSSR count). The topological polar surface area (TPSA) is 12.0 Å². The van der Waals surface area contributed by atoms with Gasteiger partial charge in [0.1, 0.15) is 0 Å². The van der Waals surface area contributed by atoms with E-state index in [2.05, 4.69) is 52.1 Å². The van der Waals surface area contributed by atoms with Gasteiger partial charge in [0.2, 0.25) is 0 Å². The number of rotatable bonds is 4. The number of hydrogen-bond donors (Lipinski definition) is 1. The molecule has 0 heterocycles. The third-order valence-electron chi connectivity index (χ3n) is 3.51. The standard InChI is InChI=1S/C15H25N/c1-10(2)15(9-16-6)14-8-12(4)11(3)7-13(14)5/h7-8,10,15-16H,9H2,1-6H3. The van der Waals surface area contributed by atoms with Crippen molar-refractivity contribution >= 4 is 0 Å². The predicted molar refractivity (Wildman–Crippen MR) is 72.2 cm³/mol. The molecular formula is C15H25N. The highest BCUT2D eigenvalue weighted by molar-refractivity contribution is 5.38. The molecule has 0 aromatic heterocycles. The Balaban J connectivity index is 3.13. The van der Waals surface area contributed by atoms with E-state index in [4.69, 9.17) is 0 Å². The van der Waals surface area contributed by atoms with E-state index in [0.29, 0.717) is 11.8 Å². The number of nitrogens with one attached hydrogen (secondary N) is 1. The van der Waals surface area contributed by atoms with Crippen molar-refractivity contribution in [2.75, 3.05) is 13.6 Å². The zero-order chi connectivity index (χ0) is 12.3. The minimum atomic E-state index is 0.615. The Morgan fingerprint density at radius 2 is 1.56 bits per heavy atom. The normalized spacial score (nSPS) is 13.2. The van der Waals surface area contributed by atoms with Gasteiger partial charge in [0.05, 0.1) is 0 Å². The second-order valence-corrected chi connectivity index (χ2v) is 5.20. The molecule has 1 atom stereocenters. The summed E-state index contributed by atoms with van der Waals surface area (Å²) in [5.41, 5.74) is 5.74. The average Bonchev–Trinajstić information content (AvgIpc) is 2.20. The lowest BCUT2D eigenvalue weighted by Crippen LogP contribution is -2.22. The second-order valence-electron chi connectivity index (χ2n) is 5.20. The van der Waals surface area contributed by atoms with Gasteiger partial charge in [-0.25, -0.2) is 0 Å². The van der Waals surface area contributed by atoms with Gasteiger partial charge >= 0.3 is 0 Å². The third-order valence-corrected chi connectivity index (χ3v) is 3.51. The number of benzene rings is 1. The van der Waals surface area contributed by atoms with E-state index in [9.17, 15) is 0 Å². The Hall–Kier alpha value is -0.820. The van der Waals surface area contributed by atoms with Crippen LogP contribution in [0.25, 0.3) is 0 Å². The summed E-state index contributed by atoms with van der Waals surface area (Å²) in [5.74, 6) is 1.29. The SMILES string of the molecule is CNCC(c1cc(C)c(C)cc1C)C(C)C. The maximum absolute atomic E-state index is 3.31. The molecular weight excluding hydrogens is 194 g/mol. The lowest BCUT2D eigenvalue weighted by atomic mass is 9.84. The fourth-order valence-corrected chi connectivity index (χ4v) is 2.31. The van der Waals surface area contributed by atoms with E-state index in [1.54, 1.807) is 0 Å². The van der Waals surface area contributed by atoms with E-state index in [0.717, 1.165) is 6.54 Å². The number of aryl methyl sites for hydroxylation is 3. The van der Waals surface area contributed by atoms with E-state index in [-0.39, 0.29) is 0 Å². The van der Waals surface area contributed by atoms with Crippen molar-refractivity contribution in [1.29, 1.82) is 0 Å². The molecule has 0 aliphatic rings. The fraction of sp³-hybridized carbons (Fsp3) is 0.600. The molecule has 16 heavy (non-hydrogen) atoms. The first-order valence-electron chi connectivity index (χ1n) is 6.19. The summed E-state index contributed by atoms with van der Waals surface area (Å²) in [6, 6.07) is 4.68. The van der Waals surface area contributed by atoms with Gasteiger partial charge in [0.25, 0.3) is 0 Å². The lowest BCUT2D eigenvalue weighted by Gasteiger charge is -2.24. The summed E-state index contributed by atoms with van der Waals surface area (Å²) < 4.78 is 0. The van der Waals surface area contributed by atoms with Crippen LogP contribution in [-0.4, -0.2) is 13.6 Å².